The zero-order valence-corrected chi connectivity index (χ0v) is 14.7. The van der Waals surface area contributed by atoms with E-state index in [1.807, 2.05) is 50.4 Å². The van der Waals surface area contributed by atoms with Gasteiger partial charge in [-0.15, -0.1) is 5.10 Å². The SMILES string of the molecule is CCOc1ccc(CN(C)Cn2nnc3ccccc3c2=S)cc1. The molecule has 3 rings (SSSR count). The summed E-state index contributed by atoms with van der Waals surface area (Å²) < 4.78 is 7.93. The molecule has 1 aromatic heterocycles. The molecule has 0 spiro atoms. The van der Waals surface area contributed by atoms with Crippen molar-refractivity contribution in [2.75, 3.05) is 13.7 Å². The van der Waals surface area contributed by atoms with Crippen LogP contribution in [0.3, 0.4) is 0 Å². The van der Waals surface area contributed by atoms with Crippen LogP contribution in [0.5, 0.6) is 5.75 Å². The second kappa shape index (κ2) is 7.51. The molecule has 0 saturated heterocycles. The van der Waals surface area contributed by atoms with E-state index in [1.54, 1.807) is 4.68 Å². The van der Waals surface area contributed by atoms with Crippen molar-refractivity contribution < 1.29 is 4.74 Å². The molecular weight excluding hydrogens is 320 g/mol. The Morgan fingerprint density at radius 2 is 1.88 bits per heavy atom. The maximum absolute atomic E-state index is 5.54. The maximum Gasteiger partial charge on any atom is 0.135 e. The van der Waals surface area contributed by atoms with E-state index in [0.717, 1.165) is 23.2 Å². The van der Waals surface area contributed by atoms with E-state index in [1.165, 1.54) is 5.56 Å². The fourth-order valence-electron chi connectivity index (χ4n) is 2.56. The summed E-state index contributed by atoms with van der Waals surface area (Å²) in [5, 5.41) is 9.42. The average molecular weight is 340 g/mol. The van der Waals surface area contributed by atoms with Crippen LogP contribution < -0.4 is 4.74 Å². The second-order valence-corrected chi connectivity index (χ2v) is 6.03. The summed E-state index contributed by atoms with van der Waals surface area (Å²) in [4.78, 5) is 2.15. The van der Waals surface area contributed by atoms with Crippen molar-refractivity contribution in [3.05, 3.63) is 58.7 Å². The van der Waals surface area contributed by atoms with Crippen LogP contribution in [0.4, 0.5) is 0 Å². The summed E-state index contributed by atoms with van der Waals surface area (Å²) in [5.74, 6) is 0.895. The molecule has 0 aliphatic heterocycles. The van der Waals surface area contributed by atoms with Crippen LogP contribution in [0.2, 0.25) is 0 Å². The Morgan fingerprint density at radius 1 is 1.12 bits per heavy atom. The lowest BCUT2D eigenvalue weighted by Crippen LogP contribution is -2.24. The van der Waals surface area contributed by atoms with Crippen LogP contribution in [0.1, 0.15) is 12.5 Å². The van der Waals surface area contributed by atoms with Gasteiger partial charge in [0, 0.05) is 11.9 Å². The zero-order valence-electron chi connectivity index (χ0n) is 13.8. The minimum atomic E-state index is 0.587. The van der Waals surface area contributed by atoms with Crippen molar-refractivity contribution >= 4 is 23.1 Å². The number of nitrogens with zero attached hydrogens (tertiary/aromatic N) is 4. The number of ether oxygens (including phenoxy) is 1. The molecule has 1 heterocycles. The fraction of sp³-hybridized carbons (Fsp3) is 0.278. The van der Waals surface area contributed by atoms with Crippen molar-refractivity contribution in [3.8, 4) is 5.75 Å². The van der Waals surface area contributed by atoms with E-state index < -0.39 is 0 Å². The third-order valence-corrected chi connectivity index (χ3v) is 4.12. The summed E-state index contributed by atoms with van der Waals surface area (Å²) >= 11 is 5.54. The molecule has 124 valence electrons. The first-order chi connectivity index (χ1) is 11.7. The molecule has 0 bridgehead atoms. The van der Waals surface area contributed by atoms with Gasteiger partial charge < -0.3 is 4.74 Å². The van der Waals surface area contributed by atoms with E-state index in [-0.39, 0.29) is 0 Å². The highest BCUT2D eigenvalue weighted by Gasteiger charge is 2.06. The molecule has 24 heavy (non-hydrogen) atoms. The molecule has 0 aliphatic carbocycles. The Hall–Kier alpha value is -2.31. The van der Waals surface area contributed by atoms with Crippen molar-refractivity contribution in [1.29, 1.82) is 0 Å². The molecule has 0 amide bonds. The van der Waals surface area contributed by atoms with Crippen LogP contribution in [-0.4, -0.2) is 33.5 Å². The third-order valence-electron chi connectivity index (χ3n) is 3.69. The Kier molecular flexibility index (Phi) is 5.17. The van der Waals surface area contributed by atoms with E-state index >= 15 is 0 Å². The Balaban J connectivity index is 1.71. The van der Waals surface area contributed by atoms with E-state index in [9.17, 15) is 0 Å². The fourth-order valence-corrected chi connectivity index (χ4v) is 2.83. The largest absolute Gasteiger partial charge is 0.494 e. The Bertz CT molecular complexity index is 876. The minimum absolute atomic E-state index is 0.587. The normalized spacial score (nSPS) is 11.1. The van der Waals surface area contributed by atoms with Gasteiger partial charge in [0.25, 0.3) is 0 Å². The van der Waals surface area contributed by atoms with Crippen molar-refractivity contribution in [2.24, 2.45) is 0 Å². The van der Waals surface area contributed by atoms with Crippen LogP contribution in [0.15, 0.2) is 48.5 Å². The van der Waals surface area contributed by atoms with Gasteiger partial charge in [-0.05, 0) is 43.8 Å². The number of benzene rings is 2. The first-order valence-corrected chi connectivity index (χ1v) is 8.31. The highest BCUT2D eigenvalue weighted by Crippen LogP contribution is 2.14. The van der Waals surface area contributed by atoms with Gasteiger partial charge in [0.1, 0.15) is 10.4 Å². The van der Waals surface area contributed by atoms with Gasteiger partial charge in [0.15, 0.2) is 0 Å². The van der Waals surface area contributed by atoms with E-state index in [0.29, 0.717) is 17.9 Å². The van der Waals surface area contributed by atoms with Crippen LogP contribution >= 0.6 is 12.2 Å². The summed E-state index contributed by atoms with van der Waals surface area (Å²) in [6.07, 6.45) is 0. The van der Waals surface area contributed by atoms with Crippen molar-refractivity contribution in [3.63, 3.8) is 0 Å². The van der Waals surface area contributed by atoms with Gasteiger partial charge in [-0.25, -0.2) is 4.68 Å². The molecule has 0 saturated carbocycles. The number of hydrogen-bond acceptors (Lipinski definition) is 5. The van der Waals surface area contributed by atoms with E-state index in [2.05, 4.69) is 27.3 Å². The molecule has 6 heteroatoms. The Morgan fingerprint density at radius 3 is 2.62 bits per heavy atom. The summed E-state index contributed by atoms with van der Waals surface area (Å²) in [5.41, 5.74) is 2.04. The predicted molar refractivity (Wildman–Crippen MR) is 97.4 cm³/mol. The standard InChI is InChI=1S/C18H20N4OS/c1-3-23-15-10-8-14(9-11-15)12-21(2)13-22-18(24)16-6-4-5-7-17(16)19-20-22/h4-11H,3,12-13H2,1-2H3. The minimum Gasteiger partial charge on any atom is -0.494 e. The topological polar surface area (TPSA) is 43.2 Å². The van der Waals surface area contributed by atoms with Crippen molar-refractivity contribution in [1.82, 2.24) is 19.9 Å². The molecule has 0 aliphatic rings. The first-order valence-electron chi connectivity index (χ1n) is 7.90. The van der Waals surface area contributed by atoms with Gasteiger partial charge in [-0.3, -0.25) is 4.90 Å². The van der Waals surface area contributed by atoms with Gasteiger partial charge >= 0.3 is 0 Å². The molecule has 0 radical (unpaired) electrons. The molecule has 0 N–H and O–H groups in total. The van der Waals surface area contributed by atoms with Crippen LogP contribution in [-0.2, 0) is 13.2 Å². The summed E-state index contributed by atoms with van der Waals surface area (Å²) in [7, 11) is 2.04. The Labute approximate surface area is 146 Å². The monoisotopic (exact) mass is 340 g/mol. The molecule has 0 fully saturated rings. The molecule has 0 atom stereocenters. The predicted octanol–water partition coefficient (Wildman–Crippen LogP) is 3.65. The molecule has 5 nitrogen and oxygen atoms in total. The molecule has 3 aromatic rings. The van der Waals surface area contributed by atoms with Crippen LogP contribution in [0, 0.1) is 4.64 Å². The maximum atomic E-state index is 5.54. The molecular formula is C18H20N4OS. The number of aromatic nitrogens is 3. The zero-order chi connectivity index (χ0) is 16.9. The first kappa shape index (κ1) is 16.5. The van der Waals surface area contributed by atoms with Gasteiger partial charge in [0.05, 0.1) is 18.8 Å². The summed E-state index contributed by atoms with van der Waals surface area (Å²) in [6.45, 7) is 4.04. The lowest BCUT2D eigenvalue weighted by molar-refractivity contribution is 0.239. The lowest BCUT2D eigenvalue weighted by Gasteiger charge is -2.18. The van der Waals surface area contributed by atoms with Gasteiger partial charge in [-0.1, -0.05) is 41.7 Å². The highest BCUT2D eigenvalue weighted by atomic mass is 32.1. The number of hydrogen-bond donors (Lipinski definition) is 0. The van der Waals surface area contributed by atoms with E-state index in [4.69, 9.17) is 17.0 Å². The summed E-state index contributed by atoms with van der Waals surface area (Å²) in [6, 6.07) is 15.9. The van der Waals surface area contributed by atoms with Gasteiger partial charge in [0.2, 0.25) is 0 Å². The molecule has 2 aromatic carbocycles. The highest BCUT2D eigenvalue weighted by molar-refractivity contribution is 7.71. The quantitative estimate of drug-likeness (QED) is 0.641. The number of fused-ring (bicyclic) bond motifs is 1. The third kappa shape index (κ3) is 3.77. The molecule has 0 unspecified atom stereocenters. The van der Waals surface area contributed by atoms with Gasteiger partial charge in [-0.2, -0.15) is 0 Å². The smallest absolute Gasteiger partial charge is 0.135 e. The number of rotatable bonds is 6. The lowest BCUT2D eigenvalue weighted by atomic mass is 10.2. The van der Waals surface area contributed by atoms with Crippen LogP contribution in [0.25, 0.3) is 10.9 Å². The van der Waals surface area contributed by atoms with Crippen molar-refractivity contribution in [2.45, 2.75) is 20.1 Å². The second-order valence-electron chi connectivity index (χ2n) is 5.64. The average Bonchev–Trinajstić information content (AvgIpc) is 2.60.